The van der Waals surface area contributed by atoms with Crippen LogP contribution in [0.15, 0.2) is 67.4 Å². The van der Waals surface area contributed by atoms with Gasteiger partial charge in [-0.1, -0.05) is 49.1 Å². The molecule has 0 unspecified atom stereocenters. The molecule has 3 nitrogen and oxygen atoms in total. The van der Waals surface area contributed by atoms with Crippen molar-refractivity contribution in [3.8, 4) is 11.1 Å². The molecule has 1 N–H and O–H groups in total. The molecule has 1 aliphatic heterocycles. The smallest absolute Gasteiger partial charge is 0.388 e. The number of benzene rings is 2. The summed E-state index contributed by atoms with van der Waals surface area (Å²) in [5.41, 5.74) is 5.41. The van der Waals surface area contributed by atoms with E-state index in [4.69, 9.17) is 0 Å². The van der Waals surface area contributed by atoms with Crippen LogP contribution in [0.3, 0.4) is 0 Å². The lowest BCUT2D eigenvalue weighted by Gasteiger charge is -2.27. The van der Waals surface area contributed by atoms with Gasteiger partial charge in [0.05, 0.1) is 6.42 Å². The van der Waals surface area contributed by atoms with Crippen LogP contribution in [0.2, 0.25) is 0 Å². The molecular formula is C28H32F3N3. The van der Waals surface area contributed by atoms with Crippen molar-refractivity contribution in [3.63, 3.8) is 0 Å². The number of halogens is 3. The van der Waals surface area contributed by atoms with E-state index < -0.39 is 12.6 Å². The standard InChI is InChI=1S/C16H16F3N.C12H16N2/c1-11-14(4-3-5-15(11)20-2)13-8-6-12(7-9-13)10-16(17,18)19;1-2-11-6-7-12(13-10-11)14-8-4-3-5-9-14/h3-9,20H,10H2,1-2H3;2,6-7,10H,1,3-5,8-9H2. The third-order valence-corrected chi connectivity index (χ3v) is 5.96. The summed E-state index contributed by atoms with van der Waals surface area (Å²) in [6.45, 7) is 8.02. The molecule has 1 fully saturated rings. The third-order valence-electron chi connectivity index (χ3n) is 5.96. The Balaban J connectivity index is 0.000000202. The normalized spacial score (nSPS) is 13.6. The maximum Gasteiger partial charge on any atom is 0.393 e. The quantitative estimate of drug-likeness (QED) is 0.420. The van der Waals surface area contributed by atoms with Crippen molar-refractivity contribution < 1.29 is 13.2 Å². The zero-order valence-corrected chi connectivity index (χ0v) is 19.8. The van der Waals surface area contributed by atoms with E-state index in [9.17, 15) is 13.2 Å². The third kappa shape index (κ3) is 7.11. The summed E-state index contributed by atoms with van der Waals surface area (Å²) >= 11 is 0. The van der Waals surface area contributed by atoms with Crippen molar-refractivity contribution in [2.45, 2.75) is 38.8 Å². The Hall–Kier alpha value is -3.28. The Kier molecular flexibility index (Phi) is 8.74. The number of pyridine rings is 1. The molecule has 0 atom stereocenters. The van der Waals surface area contributed by atoms with E-state index in [-0.39, 0.29) is 5.56 Å². The first-order valence-corrected chi connectivity index (χ1v) is 11.6. The minimum Gasteiger partial charge on any atom is -0.388 e. The molecule has 180 valence electrons. The van der Waals surface area contributed by atoms with Crippen LogP contribution in [-0.4, -0.2) is 31.3 Å². The van der Waals surface area contributed by atoms with Gasteiger partial charge in [0.1, 0.15) is 5.82 Å². The molecule has 0 spiro atoms. The van der Waals surface area contributed by atoms with Crippen molar-refractivity contribution in [2.24, 2.45) is 0 Å². The van der Waals surface area contributed by atoms with Crippen molar-refractivity contribution in [2.75, 3.05) is 30.4 Å². The zero-order valence-electron chi connectivity index (χ0n) is 19.8. The molecule has 1 aliphatic rings. The van der Waals surface area contributed by atoms with Gasteiger partial charge < -0.3 is 10.2 Å². The lowest BCUT2D eigenvalue weighted by molar-refractivity contribution is -0.127. The van der Waals surface area contributed by atoms with Crippen LogP contribution in [-0.2, 0) is 6.42 Å². The van der Waals surface area contributed by atoms with Crippen LogP contribution in [0.4, 0.5) is 24.7 Å². The molecule has 0 bridgehead atoms. The summed E-state index contributed by atoms with van der Waals surface area (Å²) in [6, 6.07) is 16.6. The molecular weight excluding hydrogens is 435 g/mol. The summed E-state index contributed by atoms with van der Waals surface area (Å²) in [5.74, 6) is 1.11. The second kappa shape index (κ2) is 11.7. The first-order chi connectivity index (χ1) is 16.3. The van der Waals surface area contributed by atoms with Crippen molar-refractivity contribution in [1.82, 2.24) is 4.98 Å². The maximum atomic E-state index is 12.3. The van der Waals surface area contributed by atoms with Gasteiger partial charge in [-0.2, -0.15) is 13.2 Å². The average Bonchev–Trinajstić information content (AvgIpc) is 2.85. The highest BCUT2D eigenvalue weighted by atomic mass is 19.4. The van der Waals surface area contributed by atoms with Crippen LogP contribution in [0.5, 0.6) is 0 Å². The number of alkyl halides is 3. The second-order valence-electron chi connectivity index (χ2n) is 8.42. The van der Waals surface area contributed by atoms with Crippen LogP contribution < -0.4 is 10.2 Å². The average molecular weight is 468 g/mol. The van der Waals surface area contributed by atoms with Gasteiger partial charge in [0.2, 0.25) is 0 Å². The molecule has 0 aliphatic carbocycles. The molecule has 3 aromatic rings. The van der Waals surface area contributed by atoms with E-state index in [2.05, 4.69) is 33.9 Å². The molecule has 0 saturated carbocycles. The van der Waals surface area contributed by atoms with Gasteiger partial charge in [-0.3, -0.25) is 0 Å². The molecule has 1 aromatic heterocycles. The second-order valence-corrected chi connectivity index (χ2v) is 8.42. The topological polar surface area (TPSA) is 28.2 Å². The molecule has 2 aromatic carbocycles. The van der Waals surface area contributed by atoms with Gasteiger partial charge in [-0.05, 0) is 72.2 Å². The largest absolute Gasteiger partial charge is 0.393 e. The number of nitrogens with one attached hydrogen (secondary N) is 1. The number of hydrogen-bond donors (Lipinski definition) is 1. The Morgan fingerprint density at radius 3 is 2.26 bits per heavy atom. The minimum absolute atomic E-state index is 0.281. The highest BCUT2D eigenvalue weighted by Crippen LogP contribution is 2.29. The van der Waals surface area contributed by atoms with Gasteiger partial charge in [0.15, 0.2) is 0 Å². The van der Waals surface area contributed by atoms with Gasteiger partial charge in [0, 0.05) is 32.0 Å². The molecule has 0 amide bonds. The molecule has 1 saturated heterocycles. The Labute approximate surface area is 200 Å². The van der Waals surface area contributed by atoms with Gasteiger partial charge >= 0.3 is 6.18 Å². The molecule has 4 rings (SSSR count). The monoisotopic (exact) mass is 467 g/mol. The highest BCUT2D eigenvalue weighted by molar-refractivity contribution is 5.73. The lowest BCUT2D eigenvalue weighted by atomic mass is 9.97. The number of anilines is 2. The molecule has 2 heterocycles. The van der Waals surface area contributed by atoms with E-state index in [0.29, 0.717) is 0 Å². The summed E-state index contributed by atoms with van der Waals surface area (Å²) in [6.07, 6.45) is 2.62. The fraction of sp³-hybridized carbons (Fsp3) is 0.321. The van der Waals surface area contributed by atoms with E-state index in [1.54, 1.807) is 12.1 Å². The van der Waals surface area contributed by atoms with Crippen LogP contribution in [0, 0.1) is 6.92 Å². The Morgan fingerprint density at radius 2 is 1.71 bits per heavy atom. The van der Waals surface area contributed by atoms with Crippen LogP contribution in [0.25, 0.3) is 17.2 Å². The number of hydrogen-bond acceptors (Lipinski definition) is 3. The first kappa shape index (κ1) is 25.3. The molecule has 34 heavy (non-hydrogen) atoms. The Morgan fingerprint density at radius 1 is 1.00 bits per heavy atom. The van der Waals surface area contributed by atoms with E-state index in [0.717, 1.165) is 46.8 Å². The number of rotatable bonds is 5. The number of piperidine rings is 1. The van der Waals surface area contributed by atoms with E-state index >= 15 is 0 Å². The lowest BCUT2D eigenvalue weighted by Crippen LogP contribution is -2.29. The van der Waals surface area contributed by atoms with Crippen LogP contribution >= 0.6 is 0 Å². The Bertz CT molecular complexity index is 1050. The number of aromatic nitrogens is 1. The maximum absolute atomic E-state index is 12.3. The first-order valence-electron chi connectivity index (χ1n) is 11.6. The number of nitrogens with zero attached hydrogens (tertiary/aromatic N) is 2. The fourth-order valence-electron chi connectivity index (χ4n) is 4.08. The van der Waals surface area contributed by atoms with Crippen molar-refractivity contribution >= 4 is 17.6 Å². The SMILES string of the molecule is C=Cc1ccc(N2CCCCC2)nc1.CNc1cccc(-c2ccc(CC(F)(F)F)cc2)c1C. The predicted molar refractivity (Wildman–Crippen MR) is 136 cm³/mol. The zero-order chi connectivity index (χ0) is 24.6. The predicted octanol–water partition coefficient (Wildman–Crippen LogP) is 7.52. The molecule has 6 heteroatoms. The van der Waals surface area contributed by atoms with Crippen molar-refractivity contribution in [1.29, 1.82) is 0 Å². The van der Waals surface area contributed by atoms with E-state index in [1.807, 2.05) is 44.4 Å². The van der Waals surface area contributed by atoms with Crippen LogP contribution in [0.1, 0.15) is 36.0 Å². The summed E-state index contributed by atoms with van der Waals surface area (Å²) in [5, 5.41) is 3.10. The van der Waals surface area contributed by atoms with Gasteiger partial charge in [0.25, 0.3) is 0 Å². The summed E-state index contributed by atoms with van der Waals surface area (Å²) in [7, 11) is 1.85. The van der Waals surface area contributed by atoms with E-state index in [1.165, 1.54) is 31.4 Å². The summed E-state index contributed by atoms with van der Waals surface area (Å²) < 4.78 is 37.0. The molecule has 0 radical (unpaired) electrons. The summed E-state index contributed by atoms with van der Waals surface area (Å²) in [4.78, 5) is 6.79. The minimum atomic E-state index is -4.16. The fourth-order valence-corrected chi connectivity index (χ4v) is 4.08. The highest BCUT2D eigenvalue weighted by Gasteiger charge is 2.27. The van der Waals surface area contributed by atoms with Crippen molar-refractivity contribution in [3.05, 3.63) is 84.1 Å². The van der Waals surface area contributed by atoms with Gasteiger partial charge in [-0.15, -0.1) is 0 Å². The van der Waals surface area contributed by atoms with Gasteiger partial charge in [-0.25, -0.2) is 4.98 Å².